The molecule has 9 nitrogen and oxygen atoms in total. The van der Waals surface area contributed by atoms with E-state index in [0.29, 0.717) is 33.1 Å². The highest BCUT2D eigenvalue weighted by Gasteiger charge is 2.22. The standard InChI is InChI=1S/C27H24FN5O4S/c1-14-8-18(25-21(9-14)32-24(35-4)13-30-25)26-33-20-10-19(28)22(11-23(20)38-26)36-15(2)16(3)37-27(34)31-17-6-5-7-29-12-17/h5-13,15-16H,1-4H3,(H,31,34). The van der Waals surface area contributed by atoms with Gasteiger partial charge in [0.1, 0.15) is 17.2 Å². The summed E-state index contributed by atoms with van der Waals surface area (Å²) in [4.78, 5) is 29.8. The number of aromatic nitrogens is 4. The Morgan fingerprint density at radius 3 is 2.68 bits per heavy atom. The zero-order valence-corrected chi connectivity index (χ0v) is 21.9. The quantitative estimate of drug-likeness (QED) is 0.265. The lowest BCUT2D eigenvalue weighted by atomic mass is 10.1. The Balaban J connectivity index is 1.36. The molecule has 0 saturated heterocycles. The lowest BCUT2D eigenvalue weighted by Gasteiger charge is -2.22. The number of anilines is 1. The minimum atomic E-state index is -0.659. The first kappa shape index (κ1) is 25.3. The van der Waals surface area contributed by atoms with Gasteiger partial charge in [0, 0.05) is 23.9 Å². The number of hydrogen-bond acceptors (Lipinski definition) is 9. The van der Waals surface area contributed by atoms with Crippen LogP contribution in [0.25, 0.3) is 31.8 Å². The average molecular weight is 534 g/mol. The van der Waals surface area contributed by atoms with Crippen LogP contribution in [0.15, 0.2) is 55.0 Å². The van der Waals surface area contributed by atoms with Crippen molar-refractivity contribution >= 4 is 44.4 Å². The molecule has 1 amide bonds. The smallest absolute Gasteiger partial charge is 0.412 e. The van der Waals surface area contributed by atoms with Gasteiger partial charge in [0.05, 0.1) is 46.4 Å². The zero-order chi connectivity index (χ0) is 26.8. The SMILES string of the molecule is COc1cnc2c(-c3nc4cc(F)c(OC(C)C(C)OC(=O)Nc5cccnc5)cc4s3)cc(C)cc2n1. The second-order valence-corrected chi connectivity index (χ2v) is 9.69. The number of benzene rings is 2. The first-order valence-electron chi connectivity index (χ1n) is 11.8. The van der Waals surface area contributed by atoms with Crippen molar-refractivity contribution in [2.45, 2.75) is 33.0 Å². The molecule has 38 heavy (non-hydrogen) atoms. The number of rotatable bonds is 7. The Morgan fingerprint density at radius 1 is 1.08 bits per heavy atom. The van der Waals surface area contributed by atoms with E-state index in [1.807, 2.05) is 19.1 Å². The molecule has 3 heterocycles. The number of halogens is 1. The fourth-order valence-corrected chi connectivity index (χ4v) is 4.78. The van der Waals surface area contributed by atoms with E-state index >= 15 is 0 Å². The van der Waals surface area contributed by atoms with Crippen LogP contribution in [0.5, 0.6) is 11.6 Å². The van der Waals surface area contributed by atoms with Gasteiger partial charge in [-0.05, 0) is 50.6 Å². The molecule has 0 radical (unpaired) electrons. The molecular formula is C27H24FN5O4S. The molecule has 2 unspecified atom stereocenters. The molecule has 0 aliphatic rings. The molecule has 0 aliphatic heterocycles. The number of nitrogens with zero attached hydrogens (tertiary/aromatic N) is 4. The summed E-state index contributed by atoms with van der Waals surface area (Å²) < 4.78 is 32.2. The van der Waals surface area contributed by atoms with E-state index in [2.05, 4.69) is 25.3 Å². The van der Waals surface area contributed by atoms with Gasteiger partial charge in [0.2, 0.25) is 5.88 Å². The van der Waals surface area contributed by atoms with E-state index < -0.39 is 24.1 Å². The van der Waals surface area contributed by atoms with Crippen molar-refractivity contribution in [2.24, 2.45) is 0 Å². The lowest BCUT2D eigenvalue weighted by Crippen LogP contribution is -2.32. The molecule has 2 atom stereocenters. The topological polar surface area (TPSA) is 108 Å². The predicted molar refractivity (Wildman–Crippen MR) is 143 cm³/mol. The van der Waals surface area contributed by atoms with Gasteiger partial charge in [-0.2, -0.15) is 0 Å². The number of aryl methyl sites for hydroxylation is 1. The van der Waals surface area contributed by atoms with Gasteiger partial charge in [0.15, 0.2) is 11.6 Å². The molecule has 0 aliphatic carbocycles. The first-order chi connectivity index (χ1) is 18.3. The Labute approximate surface area is 221 Å². The van der Waals surface area contributed by atoms with Crippen molar-refractivity contribution in [3.63, 3.8) is 0 Å². The molecule has 3 aromatic heterocycles. The molecule has 194 valence electrons. The number of carbonyl (C=O) groups is 1. The van der Waals surface area contributed by atoms with Crippen LogP contribution in [0.1, 0.15) is 19.4 Å². The van der Waals surface area contributed by atoms with E-state index in [1.165, 1.54) is 23.6 Å². The predicted octanol–water partition coefficient (Wildman–Crippen LogP) is 6.16. The largest absolute Gasteiger partial charge is 0.484 e. The van der Waals surface area contributed by atoms with Gasteiger partial charge in [0.25, 0.3) is 0 Å². The van der Waals surface area contributed by atoms with Gasteiger partial charge in [-0.1, -0.05) is 0 Å². The minimum absolute atomic E-state index is 0.0435. The van der Waals surface area contributed by atoms with Crippen molar-refractivity contribution in [1.82, 2.24) is 19.9 Å². The highest BCUT2D eigenvalue weighted by molar-refractivity contribution is 7.21. The van der Waals surface area contributed by atoms with Crippen LogP contribution in [0.3, 0.4) is 0 Å². The van der Waals surface area contributed by atoms with Gasteiger partial charge < -0.3 is 14.2 Å². The second kappa shape index (κ2) is 10.5. The molecule has 0 saturated carbocycles. The fraction of sp³-hybridized carbons (Fsp3) is 0.222. The third kappa shape index (κ3) is 5.32. The number of hydrogen-bond donors (Lipinski definition) is 1. The fourth-order valence-electron chi connectivity index (χ4n) is 3.79. The van der Waals surface area contributed by atoms with Crippen LogP contribution in [0, 0.1) is 12.7 Å². The summed E-state index contributed by atoms with van der Waals surface area (Å²) in [5.41, 5.74) is 4.15. The molecule has 1 N–H and O–H groups in total. The lowest BCUT2D eigenvalue weighted by molar-refractivity contribution is 0.0402. The maximum Gasteiger partial charge on any atom is 0.412 e. The van der Waals surface area contributed by atoms with Crippen LogP contribution >= 0.6 is 11.3 Å². The van der Waals surface area contributed by atoms with Gasteiger partial charge in [-0.3, -0.25) is 10.3 Å². The zero-order valence-electron chi connectivity index (χ0n) is 21.1. The first-order valence-corrected chi connectivity index (χ1v) is 12.6. The van der Waals surface area contributed by atoms with Gasteiger partial charge in [-0.25, -0.2) is 24.1 Å². The Kier molecular flexibility index (Phi) is 7.01. The monoisotopic (exact) mass is 533 g/mol. The van der Waals surface area contributed by atoms with Crippen molar-refractivity contribution in [2.75, 3.05) is 12.4 Å². The molecule has 5 aromatic rings. The maximum absolute atomic E-state index is 15.0. The number of pyridine rings is 1. The van der Waals surface area contributed by atoms with Crippen LogP contribution in [0.2, 0.25) is 0 Å². The number of ether oxygens (including phenoxy) is 3. The number of fused-ring (bicyclic) bond motifs is 2. The van der Waals surface area contributed by atoms with E-state index in [-0.39, 0.29) is 5.75 Å². The third-order valence-electron chi connectivity index (χ3n) is 5.83. The van der Waals surface area contributed by atoms with Crippen LogP contribution < -0.4 is 14.8 Å². The Hall–Kier alpha value is -4.38. The summed E-state index contributed by atoms with van der Waals surface area (Å²) in [6, 6.07) is 10.2. The van der Waals surface area contributed by atoms with E-state index in [0.717, 1.165) is 15.8 Å². The summed E-state index contributed by atoms with van der Waals surface area (Å²) >= 11 is 1.40. The highest BCUT2D eigenvalue weighted by atomic mass is 32.1. The summed E-state index contributed by atoms with van der Waals surface area (Å²) in [7, 11) is 1.54. The maximum atomic E-state index is 15.0. The molecule has 0 fully saturated rings. The molecule has 11 heteroatoms. The Morgan fingerprint density at radius 2 is 1.92 bits per heavy atom. The number of nitrogens with one attached hydrogen (secondary N) is 1. The highest BCUT2D eigenvalue weighted by Crippen LogP contribution is 2.37. The third-order valence-corrected chi connectivity index (χ3v) is 6.88. The number of carbonyl (C=O) groups excluding carboxylic acids is 1. The van der Waals surface area contributed by atoms with Gasteiger partial charge >= 0.3 is 6.09 Å². The van der Waals surface area contributed by atoms with E-state index in [1.54, 1.807) is 51.6 Å². The number of thiazole rings is 1. The summed E-state index contributed by atoms with van der Waals surface area (Å²) in [6.07, 6.45) is 2.72. The second-order valence-electron chi connectivity index (χ2n) is 8.66. The normalized spacial score (nSPS) is 12.8. The van der Waals surface area contributed by atoms with Crippen LogP contribution in [-0.4, -0.2) is 45.3 Å². The summed E-state index contributed by atoms with van der Waals surface area (Å²) in [5, 5.41) is 3.27. The van der Waals surface area contributed by atoms with E-state index in [9.17, 15) is 9.18 Å². The summed E-state index contributed by atoms with van der Waals surface area (Å²) in [6.45, 7) is 5.34. The molecule has 2 aromatic carbocycles. The van der Waals surface area contributed by atoms with Crippen molar-refractivity contribution in [3.8, 4) is 22.2 Å². The summed E-state index contributed by atoms with van der Waals surface area (Å²) in [5.74, 6) is -0.0992. The van der Waals surface area contributed by atoms with Crippen molar-refractivity contribution in [1.29, 1.82) is 0 Å². The molecule has 5 rings (SSSR count). The number of amides is 1. The minimum Gasteiger partial charge on any atom is -0.484 e. The van der Waals surface area contributed by atoms with Crippen molar-refractivity contribution < 1.29 is 23.4 Å². The van der Waals surface area contributed by atoms with Gasteiger partial charge in [-0.15, -0.1) is 11.3 Å². The van der Waals surface area contributed by atoms with Crippen LogP contribution in [-0.2, 0) is 4.74 Å². The molecule has 0 bridgehead atoms. The van der Waals surface area contributed by atoms with Crippen molar-refractivity contribution in [3.05, 3.63) is 66.4 Å². The van der Waals surface area contributed by atoms with Crippen LogP contribution in [0.4, 0.5) is 14.9 Å². The Bertz CT molecular complexity index is 1630. The molecular weight excluding hydrogens is 509 g/mol. The number of methoxy groups -OCH3 is 1. The van der Waals surface area contributed by atoms with E-state index in [4.69, 9.17) is 14.2 Å². The average Bonchev–Trinajstić information content (AvgIpc) is 3.30. The molecule has 0 spiro atoms.